The summed E-state index contributed by atoms with van der Waals surface area (Å²) in [4.78, 5) is 12.5. The highest BCUT2D eigenvalue weighted by atomic mass is 32.2. The van der Waals surface area contributed by atoms with E-state index in [0.29, 0.717) is 11.3 Å². The monoisotopic (exact) mass is 414 g/mol. The Labute approximate surface area is 172 Å². The van der Waals surface area contributed by atoms with E-state index in [2.05, 4.69) is 5.32 Å². The van der Waals surface area contributed by atoms with Gasteiger partial charge in [0.2, 0.25) is 0 Å². The summed E-state index contributed by atoms with van der Waals surface area (Å²) in [6, 6.07) is 13.4. The molecule has 0 aromatic heterocycles. The Morgan fingerprint density at radius 2 is 1.76 bits per heavy atom. The van der Waals surface area contributed by atoms with Gasteiger partial charge in [0, 0.05) is 5.56 Å². The van der Waals surface area contributed by atoms with Crippen molar-refractivity contribution >= 4 is 21.8 Å². The quantitative estimate of drug-likeness (QED) is 0.759. The Hall–Kier alpha value is -2.80. The fourth-order valence-corrected chi connectivity index (χ4v) is 4.54. The third-order valence-electron chi connectivity index (χ3n) is 4.42. The van der Waals surface area contributed by atoms with Gasteiger partial charge >= 0.3 is 6.09 Å². The number of alkyl carbamates (subject to hydrolysis) is 1. The van der Waals surface area contributed by atoms with Crippen LogP contribution in [0.2, 0.25) is 0 Å². The van der Waals surface area contributed by atoms with Crippen LogP contribution in [0.1, 0.15) is 37.9 Å². The molecule has 0 saturated carbocycles. The smallest absolute Gasteiger partial charge is 0.408 e. The van der Waals surface area contributed by atoms with Crippen molar-refractivity contribution in [1.82, 2.24) is 5.32 Å². The van der Waals surface area contributed by atoms with Gasteiger partial charge in [-0.3, -0.25) is 4.31 Å². The number of fused-ring (bicyclic) bond motifs is 1. The zero-order chi connectivity index (χ0) is 21.2. The Kier molecular flexibility index (Phi) is 5.71. The predicted octanol–water partition coefficient (Wildman–Crippen LogP) is 4.33. The molecule has 1 atom stereocenters. The number of carbonyl (C=O) groups excluding carboxylic acids is 1. The third kappa shape index (κ3) is 4.79. The minimum absolute atomic E-state index is 0.166. The van der Waals surface area contributed by atoms with Gasteiger partial charge in [-0.05, 0) is 45.9 Å². The van der Waals surface area contributed by atoms with Crippen LogP contribution in [0.4, 0.5) is 10.5 Å². The van der Waals surface area contributed by atoms with Crippen molar-refractivity contribution in [3.05, 3.63) is 71.8 Å². The number of aryl methyl sites for hydroxylation is 1. The Morgan fingerprint density at radius 3 is 2.41 bits per heavy atom. The van der Waals surface area contributed by atoms with Crippen LogP contribution < -0.4 is 9.62 Å². The van der Waals surface area contributed by atoms with E-state index < -0.39 is 27.8 Å². The number of hydrogen-bond acceptors (Lipinski definition) is 4. The summed E-state index contributed by atoms with van der Waals surface area (Å²) in [6.07, 6.45) is 2.97. The van der Waals surface area contributed by atoms with Crippen LogP contribution in [0.5, 0.6) is 0 Å². The maximum Gasteiger partial charge on any atom is 0.408 e. The Bertz CT molecular complexity index is 1020. The van der Waals surface area contributed by atoms with E-state index in [1.807, 2.05) is 19.1 Å². The van der Waals surface area contributed by atoms with Crippen LogP contribution in [-0.2, 0) is 14.8 Å². The van der Waals surface area contributed by atoms with Crippen LogP contribution in [0.15, 0.2) is 65.6 Å². The first-order valence-electron chi connectivity index (χ1n) is 9.42. The minimum atomic E-state index is -3.76. The lowest BCUT2D eigenvalue weighted by atomic mass is 10.1. The number of amides is 1. The van der Waals surface area contributed by atoms with Crippen LogP contribution in [-0.4, -0.2) is 26.7 Å². The average molecular weight is 415 g/mol. The molecule has 0 radical (unpaired) electrons. The van der Waals surface area contributed by atoms with Crippen LogP contribution in [0.25, 0.3) is 0 Å². The van der Waals surface area contributed by atoms with Gasteiger partial charge in [-0.25, -0.2) is 13.2 Å². The van der Waals surface area contributed by atoms with Crippen LogP contribution in [0, 0.1) is 6.92 Å². The van der Waals surface area contributed by atoms with E-state index >= 15 is 0 Å². The van der Waals surface area contributed by atoms with Gasteiger partial charge in [-0.15, -0.1) is 0 Å². The van der Waals surface area contributed by atoms with Gasteiger partial charge in [0.15, 0.2) is 0 Å². The molecule has 1 amide bonds. The third-order valence-corrected chi connectivity index (χ3v) is 6.22. The molecule has 2 aromatic carbocycles. The SMILES string of the molecule is Cc1ccc(S(=O)(=O)N2CC=CC(NC(=O)OC(C)(C)C)c3ccccc32)cc1. The number of sulfonamides is 1. The molecule has 2 aromatic rings. The second-order valence-electron chi connectivity index (χ2n) is 7.96. The molecule has 0 aliphatic carbocycles. The van der Waals surface area contributed by atoms with Gasteiger partial charge < -0.3 is 10.1 Å². The number of nitrogens with one attached hydrogen (secondary N) is 1. The van der Waals surface area contributed by atoms with Gasteiger partial charge in [0.1, 0.15) is 5.60 Å². The van der Waals surface area contributed by atoms with Crippen LogP contribution >= 0.6 is 0 Å². The molecule has 7 heteroatoms. The standard InChI is InChI=1S/C22H26N2O4S/c1-16-11-13-17(14-12-16)29(26,27)24-15-7-9-19(18-8-5-6-10-20(18)24)23-21(25)28-22(2,3)4/h5-14,19H,15H2,1-4H3,(H,23,25). The molecule has 1 unspecified atom stereocenters. The zero-order valence-electron chi connectivity index (χ0n) is 17.0. The van der Waals surface area contributed by atoms with Gasteiger partial charge in [-0.1, -0.05) is 48.0 Å². The molecule has 6 nitrogen and oxygen atoms in total. The van der Waals surface area contributed by atoms with Crippen molar-refractivity contribution in [2.45, 2.75) is 44.2 Å². The molecular weight excluding hydrogens is 388 g/mol. The summed E-state index contributed by atoms with van der Waals surface area (Å²) in [5.41, 5.74) is 1.57. The Morgan fingerprint density at radius 1 is 1.10 bits per heavy atom. The Balaban J connectivity index is 1.97. The number of para-hydroxylation sites is 1. The van der Waals surface area contributed by atoms with Gasteiger partial charge in [0.25, 0.3) is 10.0 Å². The van der Waals surface area contributed by atoms with Crippen molar-refractivity contribution in [3.63, 3.8) is 0 Å². The summed E-state index contributed by atoms with van der Waals surface area (Å²) >= 11 is 0. The van der Waals surface area contributed by atoms with Gasteiger partial charge in [0.05, 0.1) is 23.2 Å². The first-order valence-corrected chi connectivity index (χ1v) is 10.9. The maximum absolute atomic E-state index is 13.3. The highest BCUT2D eigenvalue weighted by Crippen LogP contribution is 2.33. The first-order chi connectivity index (χ1) is 13.6. The molecule has 0 spiro atoms. The summed E-state index contributed by atoms with van der Waals surface area (Å²) in [5, 5.41) is 2.82. The average Bonchev–Trinajstić information content (AvgIpc) is 2.81. The molecule has 0 saturated heterocycles. The summed E-state index contributed by atoms with van der Waals surface area (Å²) in [6.45, 7) is 7.45. The van der Waals surface area contributed by atoms with Gasteiger partial charge in [-0.2, -0.15) is 0 Å². The number of benzene rings is 2. The van der Waals surface area contributed by atoms with Crippen molar-refractivity contribution in [2.75, 3.05) is 10.8 Å². The number of hydrogen-bond donors (Lipinski definition) is 1. The molecular formula is C22H26N2O4S. The minimum Gasteiger partial charge on any atom is -0.444 e. The lowest BCUT2D eigenvalue weighted by Gasteiger charge is -2.26. The van der Waals surface area contributed by atoms with E-state index in [4.69, 9.17) is 4.74 Å². The number of nitrogens with zero attached hydrogens (tertiary/aromatic N) is 1. The molecule has 1 aliphatic rings. The molecule has 1 aliphatic heterocycles. The number of carbonyl (C=O) groups is 1. The molecule has 1 N–H and O–H groups in total. The van der Waals surface area contributed by atoms with E-state index in [1.54, 1.807) is 69.3 Å². The second-order valence-corrected chi connectivity index (χ2v) is 9.82. The fourth-order valence-electron chi connectivity index (χ4n) is 3.10. The molecule has 1 heterocycles. The molecule has 29 heavy (non-hydrogen) atoms. The fraction of sp³-hybridized carbons (Fsp3) is 0.318. The summed E-state index contributed by atoms with van der Waals surface area (Å²) < 4.78 is 33.3. The molecule has 0 bridgehead atoms. The lowest BCUT2D eigenvalue weighted by molar-refractivity contribution is 0.0514. The maximum atomic E-state index is 13.3. The number of rotatable bonds is 3. The summed E-state index contributed by atoms with van der Waals surface area (Å²) in [5.74, 6) is 0. The largest absolute Gasteiger partial charge is 0.444 e. The number of ether oxygens (including phenoxy) is 1. The number of anilines is 1. The van der Waals surface area contributed by atoms with Crippen molar-refractivity contribution < 1.29 is 17.9 Å². The van der Waals surface area contributed by atoms with E-state index in [-0.39, 0.29) is 11.4 Å². The normalized spacial score (nSPS) is 16.7. The highest BCUT2D eigenvalue weighted by molar-refractivity contribution is 7.92. The van der Waals surface area contributed by atoms with Crippen LogP contribution in [0.3, 0.4) is 0 Å². The topological polar surface area (TPSA) is 75.7 Å². The van der Waals surface area contributed by atoms with Crippen molar-refractivity contribution in [1.29, 1.82) is 0 Å². The molecule has 154 valence electrons. The summed E-state index contributed by atoms with van der Waals surface area (Å²) in [7, 11) is -3.76. The predicted molar refractivity (Wildman–Crippen MR) is 113 cm³/mol. The molecule has 0 fully saturated rings. The first kappa shape index (κ1) is 20.9. The lowest BCUT2D eigenvalue weighted by Crippen LogP contribution is -2.35. The highest BCUT2D eigenvalue weighted by Gasteiger charge is 2.30. The van der Waals surface area contributed by atoms with E-state index in [1.165, 1.54) is 4.31 Å². The van der Waals surface area contributed by atoms with E-state index in [0.717, 1.165) is 5.56 Å². The van der Waals surface area contributed by atoms with Crippen molar-refractivity contribution in [3.8, 4) is 0 Å². The zero-order valence-corrected chi connectivity index (χ0v) is 17.9. The second kappa shape index (κ2) is 7.91. The van der Waals surface area contributed by atoms with E-state index in [9.17, 15) is 13.2 Å². The van der Waals surface area contributed by atoms with Crippen molar-refractivity contribution in [2.24, 2.45) is 0 Å². The molecule has 3 rings (SSSR count).